The summed E-state index contributed by atoms with van der Waals surface area (Å²) < 4.78 is 0. The van der Waals surface area contributed by atoms with Gasteiger partial charge >= 0.3 is 6.03 Å². The molecule has 0 bridgehead atoms. The van der Waals surface area contributed by atoms with E-state index in [4.69, 9.17) is 11.6 Å². The summed E-state index contributed by atoms with van der Waals surface area (Å²) in [7, 11) is 1.97. The van der Waals surface area contributed by atoms with E-state index in [0.29, 0.717) is 22.2 Å². The first-order chi connectivity index (χ1) is 13.5. The standard InChI is InChI=1S/C20H27ClN4O3/c1-22-9-2-3-14-6-10-24(11-7-14)19(27)15-4-5-16(21)17(13-15)25-12-8-18(26)23-20(25)28/h4-5,13-14,22H,2-3,6-12H2,1H3,(H,23,26,28). The van der Waals surface area contributed by atoms with Crippen LogP contribution in [-0.2, 0) is 4.79 Å². The Balaban J connectivity index is 1.65. The van der Waals surface area contributed by atoms with Crippen molar-refractivity contribution in [3.8, 4) is 0 Å². The van der Waals surface area contributed by atoms with E-state index in [1.165, 1.54) is 11.3 Å². The highest BCUT2D eigenvalue weighted by Crippen LogP contribution is 2.30. The third-order valence-corrected chi connectivity index (χ3v) is 5.80. The first kappa shape index (κ1) is 20.6. The van der Waals surface area contributed by atoms with Crippen LogP contribution in [0, 0.1) is 5.92 Å². The van der Waals surface area contributed by atoms with Crippen LogP contribution in [0.4, 0.5) is 10.5 Å². The summed E-state index contributed by atoms with van der Waals surface area (Å²) in [5, 5.41) is 5.83. The van der Waals surface area contributed by atoms with Crippen LogP contribution in [0.1, 0.15) is 42.5 Å². The molecule has 2 saturated heterocycles. The zero-order valence-corrected chi connectivity index (χ0v) is 16.9. The SMILES string of the molecule is CNCCCC1CCN(C(=O)c2ccc(Cl)c(N3CCC(=O)NC3=O)c2)CC1. The van der Waals surface area contributed by atoms with Gasteiger partial charge in [-0.1, -0.05) is 11.6 Å². The van der Waals surface area contributed by atoms with Crippen molar-refractivity contribution in [3.63, 3.8) is 0 Å². The minimum atomic E-state index is -0.509. The van der Waals surface area contributed by atoms with Crippen LogP contribution >= 0.6 is 11.6 Å². The summed E-state index contributed by atoms with van der Waals surface area (Å²) in [5.74, 6) is 0.329. The van der Waals surface area contributed by atoms with Crippen molar-refractivity contribution in [3.05, 3.63) is 28.8 Å². The number of piperidine rings is 1. The molecule has 0 radical (unpaired) electrons. The third kappa shape index (κ3) is 4.83. The van der Waals surface area contributed by atoms with Crippen molar-refractivity contribution in [2.24, 2.45) is 5.92 Å². The minimum absolute atomic E-state index is 0.0416. The molecule has 0 unspecified atom stereocenters. The molecular weight excluding hydrogens is 380 g/mol. The van der Waals surface area contributed by atoms with Crippen LogP contribution in [0.3, 0.4) is 0 Å². The van der Waals surface area contributed by atoms with Gasteiger partial charge in [0.25, 0.3) is 5.91 Å². The lowest BCUT2D eigenvalue weighted by molar-refractivity contribution is -0.120. The van der Waals surface area contributed by atoms with Crippen LogP contribution in [0.2, 0.25) is 5.02 Å². The third-order valence-electron chi connectivity index (χ3n) is 5.48. The molecule has 8 heteroatoms. The van der Waals surface area contributed by atoms with E-state index >= 15 is 0 Å². The molecule has 2 aliphatic rings. The Kier molecular flexibility index (Phi) is 6.91. The van der Waals surface area contributed by atoms with Gasteiger partial charge in [-0.2, -0.15) is 0 Å². The molecule has 4 amide bonds. The molecule has 2 fully saturated rings. The Hall–Kier alpha value is -2.12. The predicted octanol–water partition coefficient (Wildman–Crippen LogP) is 2.64. The number of anilines is 1. The number of nitrogens with zero attached hydrogens (tertiary/aromatic N) is 2. The van der Waals surface area contributed by atoms with Crippen molar-refractivity contribution >= 4 is 35.1 Å². The Morgan fingerprint density at radius 3 is 2.68 bits per heavy atom. The summed E-state index contributed by atoms with van der Waals surface area (Å²) in [6.45, 7) is 2.78. The molecule has 1 aromatic rings. The highest BCUT2D eigenvalue weighted by molar-refractivity contribution is 6.34. The normalized spacial score (nSPS) is 18.4. The number of amides is 4. The van der Waals surface area contributed by atoms with Crippen molar-refractivity contribution < 1.29 is 14.4 Å². The second-order valence-corrected chi connectivity index (χ2v) is 7.81. The number of hydrogen-bond acceptors (Lipinski definition) is 4. The Labute approximate surface area is 170 Å². The summed E-state index contributed by atoms with van der Waals surface area (Å²) in [4.78, 5) is 39.7. The van der Waals surface area contributed by atoms with Gasteiger partial charge in [-0.05, 0) is 63.4 Å². The largest absolute Gasteiger partial charge is 0.339 e. The summed E-state index contributed by atoms with van der Waals surface area (Å²) in [6, 6.07) is 4.47. The number of carbonyl (C=O) groups excluding carboxylic acids is 3. The van der Waals surface area contributed by atoms with Gasteiger partial charge in [-0.3, -0.25) is 19.8 Å². The predicted molar refractivity (Wildman–Crippen MR) is 109 cm³/mol. The minimum Gasteiger partial charge on any atom is -0.339 e. The summed E-state index contributed by atoms with van der Waals surface area (Å²) >= 11 is 6.26. The van der Waals surface area contributed by atoms with E-state index < -0.39 is 6.03 Å². The molecule has 0 aromatic heterocycles. The lowest BCUT2D eigenvalue weighted by Gasteiger charge is -2.32. The molecule has 2 aliphatic heterocycles. The Morgan fingerprint density at radius 2 is 2.00 bits per heavy atom. The van der Waals surface area contributed by atoms with Crippen molar-refractivity contribution in [1.29, 1.82) is 0 Å². The molecule has 28 heavy (non-hydrogen) atoms. The maximum atomic E-state index is 12.9. The van der Waals surface area contributed by atoms with Gasteiger partial charge in [0.2, 0.25) is 5.91 Å². The first-order valence-corrected chi connectivity index (χ1v) is 10.2. The number of urea groups is 1. The van der Waals surface area contributed by atoms with Gasteiger partial charge in [-0.25, -0.2) is 4.79 Å². The molecule has 2 N–H and O–H groups in total. The zero-order valence-electron chi connectivity index (χ0n) is 16.2. The van der Waals surface area contributed by atoms with Gasteiger partial charge in [0.15, 0.2) is 0 Å². The Bertz CT molecular complexity index is 747. The van der Waals surface area contributed by atoms with E-state index in [1.807, 2.05) is 11.9 Å². The number of imide groups is 1. The highest BCUT2D eigenvalue weighted by atomic mass is 35.5. The van der Waals surface area contributed by atoms with Gasteiger partial charge in [0.05, 0.1) is 10.7 Å². The molecule has 0 atom stereocenters. The maximum absolute atomic E-state index is 12.9. The second-order valence-electron chi connectivity index (χ2n) is 7.40. The highest BCUT2D eigenvalue weighted by Gasteiger charge is 2.28. The number of hydrogen-bond donors (Lipinski definition) is 2. The number of carbonyl (C=O) groups is 3. The van der Waals surface area contributed by atoms with Crippen LogP contribution < -0.4 is 15.5 Å². The van der Waals surface area contributed by atoms with Crippen molar-refractivity contribution in [2.45, 2.75) is 32.1 Å². The molecule has 152 valence electrons. The second kappa shape index (κ2) is 9.39. The topological polar surface area (TPSA) is 81.8 Å². The molecule has 0 spiro atoms. The van der Waals surface area contributed by atoms with Crippen LogP contribution in [0.15, 0.2) is 18.2 Å². The Morgan fingerprint density at radius 1 is 1.25 bits per heavy atom. The zero-order chi connectivity index (χ0) is 20.1. The number of nitrogens with one attached hydrogen (secondary N) is 2. The van der Waals surface area contributed by atoms with Gasteiger partial charge in [0, 0.05) is 31.6 Å². The van der Waals surface area contributed by atoms with E-state index in [1.54, 1.807) is 18.2 Å². The monoisotopic (exact) mass is 406 g/mol. The van der Waals surface area contributed by atoms with Gasteiger partial charge in [0.1, 0.15) is 0 Å². The van der Waals surface area contributed by atoms with E-state index in [9.17, 15) is 14.4 Å². The van der Waals surface area contributed by atoms with Gasteiger partial charge in [-0.15, -0.1) is 0 Å². The number of halogens is 1. The van der Waals surface area contributed by atoms with Crippen LogP contribution in [-0.4, -0.2) is 56.0 Å². The fourth-order valence-corrected chi connectivity index (χ4v) is 4.04. The average Bonchev–Trinajstić information content (AvgIpc) is 2.69. The number of likely N-dealkylation sites (tertiary alicyclic amines) is 1. The molecule has 1 aromatic carbocycles. The molecule has 7 nitrogen and oxygen atoms in total. The van der Waals surface area contributed by atoms with Crippen molar-refractivity contribution in [1.82, 2.24) is 15.5 Å². The molecule has 2 heterocycles. The number of rotatable bonds is 6. The quantitative estimate of drug-likeness (QED) is 0.711. The van der Waals surface area contributed by atoms with Crippen molar-refractivity contribution in [2.75, 3.05) is 38.1 Å². The van der Waals surface area contributed by atoms with E-state index in [-0.39, 0.29) is 24.8 Å². The van der Waals surface area contributed by atoms with Crippen LogP contribution in [0.5, 0.6) is 0 Å². The fraction of sp³-hybridized carbons (Fsp3) is 0.550. The average molecular weight is 407 g/mol. The number of benzene rings is 1. The molecule has 3 rings (SSSR count). The molecule has 0 aliphatic carbocycles. The molecular formula is C20H27ClN4O3. The van der Waals surface area contributed by atoms with E-state index in [0.717, 1.165) is 38.9 Å². The van der Waals surface area contributed by atoms with Gasteiger partial charge < -0.3 is 10.2 Å². The van der Waals surface area contributed by atoms with E-state index in [2.05, 4.69) is 10.6 Å². The summed E-state index contributed by atoms with van der Waals surface area (Å²) in [5.41, 5.74) is 0.970. The first-order valence-electron chi connectivity index (χ1n) is 9.84. The summed E-state index contributed by atoms with van der Waals surface area (Å²) in [6.07, 6.45) is 4.60. The fourth-order valence-electron chi connectivity index (χ4n) is 3.82. The van der Waals surface area contributed by atoms with Crippen LogP contribution in [0.25, 0.3) is 0 Å². The lowest BCUT2D eigenvalue weighted by Crippen LogP contribution is -2.49. The molecule has 0 saturated carbocycles. The smallest absolute Gasteiger partial charge is 0.328 e. The lowest BCUT2D eigenvalue weighted by atomic mass is 9.92. The maximum Gasteiger partial charge on any atom is 0.328 e.